The van der Waals surface area contributed by atoms with Crippen LogP contribution in [-0.4, -0.2) is 19.0 Å². The smallest absolute Gasteiger partial charge is 0.223 e. The van der Waals surface area contributed by atoms with Crippen molar-refractivity contribution < 1.29 is 4.79 Å². The molecule has 1 amide bonds. The number of carbonyl (C=O) groups excluding carboxylic acids is 1. The summed E-state index contributed by atoms with van der Waals surface area (Å²) in [5.41, 5.74) is 0.946. The normalized spacial score (nSPS) is 15.7. The Kier molecular flexibility index (Phi) is 7.15. The number of amides is 1. The Labute approximate surface area is 133 Å². The lowest BCUT2D eigenvalue weighted by molar-refractivity contribution is -0.125. The molecule has 0 aromatic heterocycles. The van der Waals surface area contributed by atoms with Gasteiger partial charge in [0.2, 0.25) is 5.91 Å². The Bertz CT molecular complexity index is 437. The fraction of sp³-hybridized carbons (Fsp3) is 0.462. The lowest BCUT2D eigenvalue weighted by Crippen LogP contribution is -2.37. The zero-order chi connectivity index (χ0) is 13.0. The van der Waals surface area contributed by atoms with E-state index in [1.165, 1.54) is 0 Å². The first kappa shape index (κ1) is 16.8. The van der Waals surface area contributed by atoms with Crippen molar-refractivity contribution in [3.8, 4) is 0 Å². The minimum Gasteiger partial charge on any atom is -0.352 e. The molecular formula is C13H17BrCl2N2O. The predicted octanol–water partition coefficient (Wildman–Crippen LogP) is 3.14. The van der Waals surface area contributed by atoms with Crippen LogP contribution in [0.5, 0.6) is 0 Å². The van der Waals surface area contributed by atoms with E-state index in [-0.39, 0.29) is 24.2 Å². The summed E-state index contributed by atoms with van der Waals surface area (Å²) >= 11 is 9.47. The maximum Gasteiger partial charge on any atom is 0.223 e. The number of hydrogen-bond acceptors (Lipinski definition) is 2. The molecule has 1 saturated heterocycles. The molecule has 2 N–H and O–H groups in total. The number of halogens is 3. The van der Waals surface area contributed by atoms with E-state index in [1.54, 1.807) is 0 Å². The standard InChI is InChI=1S/C13H16BrClN2O.ClH/c14-11-2-1-10(12(15)7-11)8-17-13(18)9-3-5-16-6-4-9;/h1-2,7,9,16H,3-6,8H2,(H,17,18);1H. The van der Waals surface area contributed by atoms with Gasteiger partial charge in [0.1, 0.15) is 0 Å². The minimum atomic E-state index is 0. The first-order valence-electron chi connectivity index (χ1n) is 6.09. The molecule has 1 aliphatic heterocycles. The van der Waals surface area contributed by atoms with Crippen LogP contribution >= 0.6 is 39.9 Å². The number of piperidine rings is 1. The highest BCUT2D eigenvalue weighted by molar-refractivity contribution is 9.10. The molecule has 0 aliphatic carbocycles. The molecule has 0 unspecified atom stereocenters. The van der Waals surface area contributed by atoms with Gasteiger partial charge in [0, 0.05) is 22.0 Å². The molecule has 0 saturated carbocycles. The van der Waals surface area contributed by atoms with Crippen LogP contribution in [0.2, 0.25) is 5.02 Å². The zero-order valence-corrected chi connectivity index (χ0v) is 13.6. The molecule has 1 aliphatic rings. The fourth-order valence-electron chi connectivity index (χ4n) is 2.08. The van der Waals surface area contributed by atoms with Crippen molar-refractivity contribution in [3.05, 3.63) is 33.3 Å². The quantitative estimate of drug-likeness (QED) is 0.861. The third-order valence-corrected chi connectivity index (χ3v) is 4.02. The molecule has 1 aromatic rings. The number of hydrogen-bond donors (Lipinski definition) is 2. The van der Waals surface area contributed by atoms with Crippen LogP contribution in [0.25, 0.3) is 0 Å². The second kappa shape index (κ2) is 8.10. The van der Waals surface area contributed by atoms with Crippen molar-refractivity contribution >= 4 is 45.8 Å². The van der Waals surface area contributed by atoms with Crippen molar-refractivity contribution in [1.82, 2.24) is 10.6 Å². The Hall–Kier alpha value is -0.290. The molecule has 19 heavy (non-hydrogen) atoms. The Morgan fingerprint density at radius 2 is 2.11 bits per heavy atom. The zero-order valence-electron chi connectivity index (χ0n) is 10.4. The van der Waals surface area contributed by atoms with Gasteiger partial charge in [-0.25, -0.2) is 0 Å². The maximum absolute atomic E-state index is 12.0. The van der Waals surface area contributed by atoms with E-state index < -0.39 is 0 Å². The molecule has 6 heteroatoms. The summed E-state index contributed by atoms with van der Waals surface area (Å²) < 4.78 is 0.945. The van der Waals surface area contributed by atoms with Crippen LogP contribution in [0.3, 0.4) is 0 Å². The summed E-state index contributed by atoms with van der Waals surface area (Å²) in [6, 6.07) is 5.70. The molecule has 3 nitrogen and oxygen atoms in total. The van der Waals surface area contributed by atoms with Crippen molar-refractivity contribution in [2.24, 2.45) is 5.92 Å². The average Bonchev–Trinajstić information content (AvgIpc) is 2.38. The summed E-state index contributed by atoms with van der Waals surface area (Å²) in [5.74, 6) is 0.274. The number of nitrogens with one attached hydrogen (secondary N) is 2. The molecule has 0 atom stereocenters. The number of rotatable bonds is 3. The predicted molar refractivity (Wildman–Crippen MR) is 83.8 cm³/mol. The first-order chi connectivity index (χ1) is 8.66. The van der Waals surface area contributed by atoms with Gasteiger partial charge in [0.05, 0.1) is 0 Å². The first-order valence-corrected chi connectivity index (χ1v) is 7.26. The van der Waals surface area contributed by atoms with Crippen LogP contribution in [-0.2, 0) is 11.3 Å². The Balaban J connectivity index is 0.00000180. The second-order valence-electron chi connectivity index (χ2n) is 4.48. The van der Waals surface area contributed by atoms with E-state index in [9.17, 15) is 4.79 Å². The Morgan fingerprint density at radius 1 is 1.42 bits per heavy atom. The van der Waals surface area contributed by atoms with Crippen LogP contribution < -0.4 is 10.6 Å². The van der Waals surface area contributed by atoms with Crippen molar-refractivity contribution in [2.45, 2.75) is 19.4 Å². The summed E-state index contributed by atoms with van der Waals surface area (Å²) in [5, 5.41) is 6.89. The van der Waals surface area contributed by atoms with Crippen molar-refractivity contribution in [3.63, 3.8) is 0 Å². The van der Waals surface area contributed by atoms with E-state index in [2.05, 4.69) is 26.6 Å². The van der Waals surface area contributed by atoms with Crippen molar-refractivity contribution in [2.75, 3.05) is 13.1 Å². The van der Waals surface area contributed by atoms with Gasteiger partial charge in [-0.05, 0) is 43.6 Å². The van der Waals surface area contributed by atoms with Gasteiger partial charge in [-0.1, -0.05) is 33.6 Å². The van der Waals surface area contributed by atoms with E-state index >= 15 is 0 Å². The van der Waals surface area contributed by atoms with Crippen LogP contribution in [0.15, 0.2) is 22.7 Å². The minimum absolute atomic E-state index is 0. The van der Waals surface area contributed by atoms with Crippen LogP contribution in [0, 0.1) is 5.92 Å². The molecule has 0 spiro atoms. The average molecular weight is 368 g/mol. The van der Waals surface area contributed by atoms with E-state index in [4.69, 9.17) is 11.6 Å². The highest BCUT2D eigenvalue weighted by Gasteiger charge is 2.20. The highest BCUT2D eigenvalue weighted by atomic mass is 79.9. The van der Waals surface area contributed by atoms with Gasteiger partial charge in [-0.3, -0.25) is 4.79 Å². The van der Waals surface area contributed by atoms with Crippen LogP contribution in [0.4, 0.5) is 0 Å². The SMILES string of the molecule is Cl.O=C(NCc1ccc(Br)cc1Cl)C1CCNCC1. The van der Waals surface area contributed by atoms with Gasteiger partial charge >= 0.3 is 0 Å². The lowest BCUT2D eigenvalue weighted by Gasteiger charge is -2.21. The molecule has 0 bridgehead atoms. The summed E-state index contributed by atoms with van der Waals surface area (Å²) in [4.78, 5) is 12.0. The van der Waals surface area contributed by atoms with E-state index in [0.717, 1.165) is 36.0 Å². The largest absolute Gasteiger partial charge is 0.352 e. The molecular weight excluding hydrogens is 351 g/mol. The van der Waals surface area contributed by atoms with Gasteiger partial charge in [-0.2, -0.15) is 0 Å². The molecule has 2 rings (SSSR count). The molecule has 1 heterocycles. The fourth-order valence-corrected chi connectivity index (χ4v) is 2.82. The van der Waals surface area contributed by atoms with Crippen molar-refractivity contribution in [1.29, 1.82) is 0 Å². The van der Waals surface area contributed by atoms with Gasteiger partial charge in [-0.15, -0.1) is 12.4 Å². The van der Waals surface area contributed by atoms with Gasteiger partial charge < -0.3 is 10.6 Å². The number of benzene rings is 1. The summed E-state index contributed by atoms with van der Waals surface area (Å²) in [6.45, 7) is 2.35. The molecule has 0 radical (unpaired) electrons. The highest BCUT2D eigenvalue weighted by Crippen LogP contribution is 2.21. The van der Waals surface area contributed by atoms with Crippen LogP contribution in [0.1, 0.15) is 18.4 Å². The van der Waals surface area contributed by atoms with Gasteiger partial charge in [0.25, 0.3) is 0 Å². The summed E-state index contributed by atoms with van der Waals surface area (Å²) in [7, 11) is 0. The Morgan fingerprint density at radius 3 is 2.74 bits per heavy atom. The third kappa shape index (κ3) is 4.95. The second-order valence-corrected chi connectivity index (χ2v) is 5.80. The third-order valence-electron chi connectivity index (χ3n) is 3.18. The monoisotopic (exact) mass is 366 g/mol. The summed E-state index contributed by atoms with van der Waals surface area (Å²) in [6.07, 6.45) is 1.83. The molecule has 1 aromatic carbocycles. The lowest BCUT2D eigenvalue weighted by atomic mass is 9.97. The van der Waals surface area contributed by atoms with E-state index in [1.807, 2.05) is 18.2 Å². The molecule has 1 fully saturated rings. The molecule has 106 valence electrons. The van der Waals surface area contributed by atoms with Gasteiger partial charge in [0.15, 0.2) is 0 Å². The maximum atomic E-state index is 12.0. The number of carbonyl (C=O) groups is 1. The topological polar surface area (TPSA) is 41.1 Å². The van der Waals surface area contributed by atoms with E-state index in [0.29, 0.717) is 11.6 Å².